The van der Waals surface area contributed by atoms with Crippen molar-refractivity contribution >= 4 is 34.9 Å². The standard InChI is InChI=1S/C11H13Cl2N3O2/c1-16(5-4-10(14)15-18)11(17)8-6-7(12)2-3-9(8)13/h2-3,6,18H,4-5H2,1H3,(H2,14,15). The number of benzene rings is 1. The number of oxime groups is 1. The lowest BCUT2D eigenvalue weighted by Gasteiger charge is -2.17. The number of carbonyl (C=O) groups is 1. The van der Waals surface area contributed by atoms with Crippen LogP contribution in [0, 0.1) is 0 Å². The zero-order valence-corrected chi connectivity index (χ0v) is 11.2. The van der Waals surface area contributed by atoms with E-state index in [1.54, 1.807) is 19.2 Å². The molecule has 0 atom stereocenters. The van der Waals surface area contributed by atoms with Crippen LogP contribution in [0.3, 0.4) is 0 Å². The van der Waals surface area contributed by atoms with Gasteiger partial charge in [0.1, 0.15) is 5.84 Å². The molecule has 0 bridgehead atoms. The maximum Gasteiger partial charge on any atom is 0.255 e. The van der Waals surface area contributed by atoms with Crippen molar-refractivity contribution in [3.8, 4) is 0 Å². The molecule has 0 saturated heterocycles. The average Bonchev–Trinajstić information content (AvgIpc) is 2.37. The van der Waals surface area contributed by atoms with E-state index >= 15 is 0 Å². The molecule has 1 amide bonds. The van der Waals surface area contributed by atoms with Crippen molar-refractivity contribution < 1.29 is 10.0 Å². The fourth-order valence-corrected chi connectivity index (χ4v) is 1.67. The van der Waals surface area contributed by atoms with Gasteiger partial charge in [0, 0.05) is 25.0 Å². The van der Waals surface area contributed by atoms with Crippen LogP contribution < -0.4 is 5.73 Å². The van der Waals surface area contributed by atoms with Gasteiger partial charge >= 0.3 is 0 Å². The molecule has 0 aromatic heterocycles. The Hall–Kier alpha value is -1.46. The summed E-state index contributed by atoms with van der Waals surface area (Å²) in [6, 6.07) is 4.68. The molecule has 0 heterocycles. The number of amides is 1. The van der Waals surface area contributed by atoms with Gasteiger partial charge in [0.15, 0.2) is 0 Å². The van der Waals surface area contributed by atoms with Crippen LogP contribution in [0.25, 0.3) is 0 Å². The fourth-order valence-electron chi connectivity index (χ4n) is 1.30. The van der Waals surface area contributed by atoms with Crippen molar-refractivity contribution in [2.75, 3.05) is 13.6 Å². The van der Waals surface area contributed by atoms with Crippen LogP contribution in [-0.2, 0) is 0 Å². The fraction of sp³-hybridized carbons (Fsp3) is 0.273. The number of halogens is 2. The number of carbonyl (C=O) groups excluding carboxylic acids is 1. The van der Waals surface area contributed by atoms with Gasteiger partial charge in [-0.25, -0.2) is 0 Å². The first kappa shape index (κ1) is 14.6. The van der Waals surface area contributed by atoms with Crippen molar-refractivity contribution in [2.24, 2.45) is 10.9 Å². The van der Waals surface area contributed by atoms with E-state index in [2.05, 4.69) is 5.16 Å². The predicted octanol–water partition coefficient (Wildman–Crippen LogP) is 2.20. The van der Waals surface area contributed by atoms with Gasteiger partial charge in [0.2, 0.25) is 0 Å². The van der Waals surface area contributed by atoms with E-state index in [-0.39, 0.29) is 18.2 Å². The average molecular weight is 290 g/mol. The maximum absolute atomic E-state index is 12.1. The van der Waals surface area contributed by atoms with Crippen molar-refractivity contribution in [3.63, 3.8) is 0 Å². The summed E-state index contributed by atoms with van der Waals surface area (Å²) in [5.41, 5.74) is 5.65. The van der Waals surface area contributed by atoms with Crippen LogP contribution in [-0.4, -0.2) is 35.4 Å². The zero-order valence-electron chi connectivity index (χ0n) is 9.73. The minimum atomic E-state index is -0.270. The van der Waals surface area contributed by atoms with Crippen LogP contribution in [0.5, 0.6) is 0 Å². The van der Waals surface area contributed by atoms with Gasteiger partial charge in [-0.3, -0.25) is 4.79 Å². The van der Waals surface area contributed by atoms with Gasteiger partial charge in [-0.05, 0) is 18.2 Å². The molecule has 0 fully saturated rings. The summed E-state index contributed by atoms with van der Waals surface area (Å²) in [6.07, 6.45) is 0.275. The molecular formula is C11H13Cl2N3O2. The summed E-state index contributed by atoms with van der Waals surface area (Å²) >= 11 is 11.7. The second-order valence-corrected chi connectivity index (χ2v) is 4.54. The van der Waals surface area contributed by atoms with Gasteiger partial charge in [-0.15, -0.1) is 0 Å². The first-order valence-corrected chi connectivity index (χ1v) is 5.88. The maximum atomic E-state index is 12.1. The Morgan fingerprint density at radius 3 is 2.78 bits per heavy atom. The SMILES string of the molecule is CN(CC/C(N)=N/O)C(=O)c1cc(Cl)ccc1Cl. The van der Waals surface area contributed by atoms with Crippen LogP contribution in [0.2, 0.25) is 10.0 Å². The molecule has 1 aromatic carbocycles. The molecule has 7 heteroatoms. The number of amidine groups is 1. The zero-order chi connectivity index (χ0) is 13.7. The number of hydrogen-bond acceptors (Lipinski definition) is 3. The van der Waals surface area contributed by atoms with Gasteiger partial charge in [0.25, 0.3) is 5.91 Å². The molecule has 98 valence electrons. The minimum Gasteiger partial charge on any atom is -0.409 e. The molecule has 0 saturated carbocycles. The second-order valence-electron chi connectivity index (χ2n) is 3.69. The van der Waals surface area contributed by atoms with Crippen LogP contribution in [0.15, 0.2) is 23.4 Å². The van der Waals surface area contributed by atoms with Gasteiger partial charge in [-0.1, -0.05) is 28.4 Å². The highest BCUT2D eigenvalue weighted by molar-refractivity contribution is 6.35. The molecule has 0 unspecified atom stereocenters. The predicted molar refractivity (Wildman–Crippen MR) is 71.4 cm³/mol. The molecule has 1 rings (SSSR count). The molecule has 3 N–H and O–H groups in total. The molecule has 0 spiro atoms. The van der Waals surface area contributed by atoms with Gasteiger partial charge in [-0.2, -0.15) is 0 Å². The Kier molecular flexibility index (Phi) is 5.25. The van der Waals surface area contributed by atoms with E-state index in [9.17, 15) is 4.79 Å². The largest absolute Gasteiger partial charge is 0.409 e. The number of nitrogens with two attached hydrogens (primary N) is 1. The van der Waals surface area contributed by atoms with Crippen molar-refractivity contribution in [1.29, 1.82) is 0 Å². The molecule has 5 nitrogen and oxygen atoms in total. The smallest absolute Gasteiger partial charge is 0.255 e. The topological polar surface area (TPSA) is 78.9 Å². The van der Waals surface area contributed by atoms with Gasteiger partial charge < -0.3 is 15.8 Å². The Morgan fingerprint density at radius 1 is 1.50 bits per heavy atom. The summed E-state index contributed by atoms with van der Waals surface area (Å²) in [7, 11) is 1.60. The van der Waals surface area contributed by atoms with Crippen molar-refractivity contribution in [3.05, 3.63) is 33.8 Å². The molecule has 0 aliphatic carbocycles. The number of hydrogen-bond donors (Lipinski definition) is 2. The molecule has 18 heavy (non-hydrogen) atoms. The lowest BCUT2D eigenvalue weighted by molar-refractivity contribution is 0.0798. The summed E-state index contributed by atoms with van der Waals surface area (Å²) in [5, 5.41) is 12.0. The van der Waals surface area contributed by atoms with Crippen LogP contribution >= 0.6 is 23.2 Å². The highest BCUT2D eigenvalue weighted by atomic mass is 35.5. The van der Waals surface area contributed by atoms with Crippen LogP contribution in [0.1, 0.15) is 16.8 Å². The molecule has 1 aromatic rings. The number of nitrogens with zero attached hydrogens (tertiary/aromatic N) is 2. The summed E-state index contributed by atoms with van der Waals surface area (Å²) in [4.78, 5) is 13.5. The lowest BCUT2D eigenvalue weighted by Crippen LogP contribution is -2.30. The minimum absolute atomic E-state index is 0.0619. The summed E-state index contributed by atoms with van der Waals surface area (Å²) in [6.45, 7) is 0.317. The highest BCUT2D eigenvalue weighted by Crippen LogP contribution is 2.21. The Morgan fingerprint density at radius 2 is 2.17 bits per heavy atom. The molecule has 0 aliphatic rings. The van der Waals surface area contributed by atoms with Gasteiger partial charge in [0.05, 0.1) is 10.6 Å². The van der Waals surface area contributed by atoms with E-state index in [1.165, 1.54) is 11.0 Å². The Bertz CT molecular complexity index is 477. The third-order valence-corrected chi connectivity index (χ3v) is 2.90. The quantitative estimate of drug-likeness (QED) is 0.386. The molecule has 0 aliphatic heterocycles. The van der Waals surface area contributed by atoms with Crippen LogP contribution in [0.4, 0.5) is 0 Å². The summed E-state index contributed by atoms with van der Waals surface area (Å²) in [5.74, 6) is -0.208. The van der Waals surface area contributed by atoms with E-state index in [0.717, 1.165) is 0 Å². The highest BCUT2D eigenvalue weighted by Gasteiger charge is 2.15. The molecule has 0 radical (unpaired) electrons. The lowest BCUT2D eigenvalue weighted by atomic mass is 10.2. The van der Waals surface area contributed by atoms with E-state index in [1.807, 2.05) is 0 Å². The number of rotatable bonds is 4. The second kappa shape index (κ2) is 6.47. The first-order valence-electron chi connectivity index (χ1n) is 5.12. The third kappa shape index (κ3) is 3.78. The van der Waals surface area contributed by atoms with Crippen molar-refractivity contribution in [1.82, 2.24) is 4.90 Å². The monoisotopic (exact) mass is 289 g/mol. The van der Waals surface area contributed by atoms with E-state index in [0.29, 0.717) is 22.2 Å². The molecular weight excluding hydrogens is 277 g/mol. The van der Waals surface area contributed by atoms with E-state index in [4.69, 9.17) is 34.1 Å². The van der Waals surface area contributed by atoms with E-state index < -0.39 is 0 Å². The first-order chi connectivity index (χ1) is 8.45. The normalized spacial score (nSPS) is 11.4. The Balaban J connectivity index is 2.77. The Labute approximate surface area is 115 Å². The summed E-state index contributed by atoms with van der Waals surface area (Å²) < 4.78 is 0. The third-order valence-electron chi connectivity index (χ3n) is 2.34. The van der Waals surface area contributed by atoms with Crippen molar-refractivity contribution in [2.45, 2.75) is 6.42 Å².